The van der Waals surface area contributed by atoms with Crippen LogP contribution in [-0.4, -0.2) is 22.9 Å². The molecule has 1 aromatic rings. The average Bonchev–Trinajstić information content (AvgIpc) is 3.03. The number of alkyl halides is 1. The van der Waals surface area contributed by atoms with Gasteiger partial charge in [0.2, 0.25) is 0 Å². The Morgan fingerprint density at radius 1 is 1.60 bits per heavy atom. The molecule has 2 rings (SSSR count). The number of allylic oxidation sites excluding steroid dienone is 3. The van der Waals surface area contributed by atoms with E-state index in [4.69, 9.17) is 5.10 Å². The van der Waals surface area contributed by atoms with E-state index in [9.17, 15) is 4.39 Å². The second-order valence-electron chi connectivity index (χ2n) is 6.28. The predicted molar refractivity (Wildman–Crippen MR) is 99.8 cm³/mol. The van der Waals surface area contributed by atoms with Crippen molar-refractivity contribution < 1.29 is 9.23 Å². The van der Waals surface area contributed by atoms with Gasteiger partial charge >= 0.3 is 0 Å². The van der Waals surface area contributed by atoms with Crippen LogP contribution in [0.25, 0.3) is 6.08 Å². The number of fused-ring (bicyclic) bond motifs is 1. The third kappa shape index (κ3) is 5.05. The first-order valence-electron chi connectivity index (χ1n) is 8.66. The minimum Gasteiger partial charge on any atom is -0.384 e. The van der Waals surface area contributed by atoms with E-state index in [1.807, 2.05) is 36.9 Å². The van der Waals surface area contributed by atoms with Crippen LogP contribution < -0.4 is 5.32 Å². The lowest BCUT2D eigenvalue weighted by Gasteiger charge is -2.19. The molecule has 0 spiro atoms. The predicted octanol–water partition coefficient (Wildman–Crippen LogP) is 4.68. The van der Waals surface area contributed by atoms with Gasteiger partial charge in [0.1, 0.15) is 0 Å². The van der Waals surface area contributed by atoms with Crippen LogP contribution in [0.15, 0.2) is 41.4 Å². The fraction of sp³-hybridized carbons (Fsp3) is 0.474. The Kier molecular flexibility index (Phi) is 6.98. The molecule has 1 aromatic heterocycles. The maximum absolute atomic E-state index is 12.1. The Labute approximate surface area is 148 Å². The van der Waals surface area contributed by atoms with Crippen LogP contribution in [0.4, 0.5) is 4.39 Å². The molecule has 1 aliphatic heterocycles. The summed E-state index contributed by atoms with van der Waals surface area (Å²) in [6.07, 6.45) is 12.9. The molecule has 0 aromatic carbocycles. The van der Waals surface area contributed by atoms with Gasteiger partial charge in [-0.15, -0.1) is 0 Å². The monoisotopic (exact) mass is 346 g/mol. The van der Waals surface area contributed by atoms with Crippen molar-refractivity contribution in [1.29, 1.82) is 0 Å². The molecule has 0 aliphatic carbocycles. The number of aromatic nitrogens is 2. The molecule has 0 saturated heterocycles. The van der Waals surface area contributed by atoms with Crippen LogP contribution in [0, 0.1) is 0 Å². The molecule has 0 fully saturated rings. The summed E-state index contributed by atoms with van der Waals surface area (Å²) in [6, 6.07) is 0.215. The Balaban J connectivity index is 2.26. The Morgan fingerprint density at radius 3 is 3.08 bits per heavy atom. The van der Waals surface area contributed by atoms with E-state index in [0.29, 0.717) is 0 Å². The van der Waals surface area contributed by atoms with E-state index in [-0.39, 0.29) is 12.1 Å². The van der Waals surface area contributed by atoms with Crippen molar-refractivity contribution in [2.45, 2.75) is 52.1 Å². The standard InChI is InChI=1S/C19H27FN4O/c1-5-6-7-18-17-12-24(23-19(17)8-9-21-18)15(4)16(10-14(2)3)11-22-25-13-20/h8-12,15,18,21H,2,5-7,13H2,1,3-4H3/b16-10+,22-11-. The summed E-state index contributed by atoms with van der Waals surface area (Å²) in [5.74, 6) is 0. The molecule has 6 heteroatoms. The van der Waals surface area contributed by atoms with Gasteiger partial charge in [-0.05, 0) is 38.1 Å². The van der Waals surface area contributed by atoms with E-state index in [0.717, 1.165) is 29.7 Å². The summed E-state index contributed by atoms with van der Waals surface area (Å²) >= 11 is 0. The Hall–Kier alpha value is -2.37. The first-order chi connectivity index (χ1) is 12.1. The zero-order valence-electron chi connectivity index (χ0n) is 15.2. The first kappa shape index (κ1) is 19.0. The fourth-order valence-electron chi connectivity index (χ4n) is 2.83. The highest BCUT2D eigenvalue weighted by atomic mass is 19.1. The average molecular weight is 346 g/mol. The lowest BCUT2D eigenvalue weighted by atomic mass is 9.99. The molecule has 0 saturated carbocycles. The lowest BCUT2D eigenvalue weighted by molar-refractivity contribution is 0.0645. The number of unbranched alkanes of at least 4 members (excludes halogenated alkanes) is 1. The lowest BCUT2D eigenvalue weighted by Crippen LogP contribution is -2.18. The summed E-state index contributed by atoms with van der Waals surface area (Å²) in [6.45, 7) is 9.07. The molecule has 2 heterocycles. The van der Waals surface area contributed by atoms with Crippen LogP contribution >= 0.6 is 0 Å². The van der Waals surface area contributed by atoms with Gasteiger partial charge in [0.25, 0.3) is 6.86 Å². The highest BCUT2D eigenvalue weighted by Gasteiger charge is 2.22. The minimum absolute atomic E-state index is 0.0745. The van der Waals surface area contributed by atoms with Gasteiger partial charge in [-0.3, -0.25) is 4.68 Å². The number of oxime groups is 1. The highest BCUT2D eigenvalue weighted by Crippen LogP contribution is 2.29. The Morgan fingerprint density at radius 2 is 2.40 bits per heavy atom. The first-order valence-corrected chi connectivity index (χ1v) is 8.66. The van der Waals surface area contributed by atoms with Gasteiger partial charge in [0, 0.05) is 11.8 Å². The zero-order chi connectivity index (χ0) is 18.2. The quantitative estimate of drug-likeness (QED) is 0.401. The normalized spacial score (nSPS) is 18.1. The van der Waals surface area contributed by atoms with Crippen molar-refractivity contribution in [3.63, 3.8) is 0 Å². The number of nitrogens with zero attached hydrogens (tertiary/aromatic N) is 3. The molecule has 0 radical (unpaired) electrons. The minimum atomic E-state index is -0.948. The number of hydrogen-bond acceptors (Lipinski definition) is 4. The van der Waals surface area contributed by atoms with E-state index >= 15 is 0 Å². The van der Waals surface area contributed by atoms with Gasteiger partial charge < -0.3 is 10.2 Å². The van der Waals surface area contributed by atoms with Crippen molar-refractivity contribution in [3.8, 4) is 0 Å². The molecule has 0 amide bonds. The van der Waals surface area contributed by atoms with Gasteiger partial charge in [0.05, 0.1) is 24.0 Å². The smallest absolute Gasteiger partial charge is 0.255 e. The van der Waals surface area contributed by atoms with Crippen molar-refractivity contribution >= 4 is 12.3 Å². The third-order valence-electron chi connectivity index (χ3n) is 4.17. The number of hydrogen-bond donors (Lipinski definition) is 1. The van der Waals surface area contributed by atoms with E-state index < -0.39 is 6.86 Å². The summed E-state index contributed by atoms with van der Waals surface area (Å²) in [7, 11) is 0. The van der Waals surface area contributed by atoms with Crippen LogP contribution in [0.2, 0.25) is 0 Å². The summed E-state index contributed by atoms with van der Waals surface area (Å²) < 4.78 is 14.0. The van der Waals surface area contributed by atoms with Crippen molar-refractivity contribution in [1.82, 2.24) is 15.1 Å². The van der Waals surface area contributed by atoms with Gasteiger partial charge in [-0.2, -0.15) is 5.10 Å². The maximum Gasteiger partial charge on any atom is 0.255 e. The number of rotatable bonds is 9. The van der Waals surface area contributed by atoms with E-state index in [2.05, 4.69) is 35.0 Å². The largest absolute Gasteiger partial charge is 0.384 e. The topological polar surface area (TPSA) is 51.4 Å². The Bertz CT molecular complexity index is 675. The molecule has 2 atom stereocenters. The van der Waals surface area contributed by atoms with Crippen molar-refractivity contribution in [2.24, 2.45) is 5.16 Å². The molecular weight excluding hydrogens is 319 g/mol. The van der Waals surface area contributed by atoms with E-state index in [1.54, 1.807) is 0 Å². The summed E-state index contributed by atoms with van der Waals surface area (Å²) in [5, 5.41) is 11.8. The maximum atomic E-state index is 12.1. The van der Waals surface area contributed by atoms with Crippen LogP contribution in [-0.2, 0) is 4.84 Å². The molecule has 25 heavy (non-hydrogen) atoms. The molecule has 1 N–H and O–H groups in total. The summed E-state index contributed by atoms with van der Waals surface area (Å²) in [5.41, 5.74) is 3.92. The van der Waals surface area contributed by atoms with Crippen molar-refractivity contribution in [2.75, 3.05) is 6.86 Å². The second-order valence-corrected chi connectivity index (χ2v) is 6.28. The molecule has 5 nitrogen and oxygen atoms in total. The molecule has 0 bridgehead atoms. The highest BCUT2D eigenvalue weighted by molar-refractivity contribution is 5.80. The number of halogens is 1. The van der Waals surface area contributed by atoms with Crippen LogP contribution in [0.3, 0.4) is 0 Å². The van der Waals surface area contributed by atoms with Gasteiger partial charge in [-0.25, -0.2) is 4.39 Å². The van der Waals surface area contributed by atoms with Gasteiger partial charge in [-0.1, -0.05) is 43.1 Å². The van der Waals surface area contributed by atoms with Crippen molar-refractivity contribution in [3.05, 3.63) is 47.5 Å². The molecule has 2 unspecified atom stereocenters. The molecule has 1 aliphatic rings. The molecular formula is C19H27FN4O. The van der Waals surface area contributed by atoms with E-state index in [1.165, 1.54) is 18.2 Å². The summed E-state index contributed by atoms with van der Waals surface area (Å²) in [4.78, 5) is 4.46. The van der Waals surface area contributed by atoms with Crippen LogP contribution in [0.5, 0.6) is 0 Å². The fourth-order valence-corrected chi connectivity index (χ4v) is 2.83. The second kappa shape index (κ2) is 9.20. The molecule has 136 valence electrons. The SMILES string of the molecule is C=C(C)/C=C(\C=N/OCF)C(C)n1cc2c(n1)C=CNC2CCCC. The zero-order valence-corrected chi connectivity index (χ0v) is 15.2. The number of nitrogens with one attached hydrogen (secondary N) is 1. The third-order valence-corrected chi connectivity index (χ3v) is 4.17. The van der Waals surface area contributed by atoms with Crippen LogP contribution in [0.1, 0.15) is 63.4 Å². The van der Waals surface area contributed by atoms with Gasteiger partial charge in [0.15, 0.2) is 0 Å².